The Bertz CT molecular complexity index is 945. The van der Waals surface area contributed by atoms with Crippen molar-refractivity contribution in [3.8, 4) is 11.5 Å². The normalized spacial score (nSPS) is 22.9. The van der Waals surface area contributed by atoms with Crippen molar-refractivity contribution in [1.82, 2.24) is 4.90 Å². The van der Waals surface area contributed by atoms with Crippen molar-refractivity contribution in [2.24, 2.45) is 22.6 Å². The average Bonchev–Trinajstić information content (AvgIpc) is 3.29. The number of guanidine groups is 1. The first-order valence-corrected chi connectivity index (χ1v) is 11.5. The molecule has 0 aromatic heterocycles. The molecule has 3 N–H and O–H groups in total. The fourth-order valence-corrected chi connectivity index (χ4v) is 5.00. The zero-order chi connectivity index (χ0) is 21.0. The van der Waals surface area contributed by atoms with Crippen LogP contribution in [-0.4, -0.2) is 37.3 Å². The molecule has 2 heterocycles. The van der Waals surface area contributed by atoms with Crippen LogP contribution in [0.2, 0.25) is 0 Å². The van der Waals surface area contributed by atoms with Crippen LogP contribution in [0.1, 0.15) is 36.8 Å². The van der Waals surface area contributed by atoms with Gasteiger partial charge in [-0.3, -0.25) is 4.99 Å². The lowest BCUT2D eigenvalue weighted by Gasteiger charge is -2.33. The van der Waals surface area contributed by atoms with E-state index in [4.69, 9.17) is 20.2 Å². The lowest BCUT2D eigenvalue weighted by Crippen LogP contribution is -2.40. The van der Waals surface area contributed by atoms with E-state index in [0.29, 0.717) is 11.8 Å². The molecule has 3 aliphatic rings. The zero-order valence-corrected chi connectivity index (χ0v) is 18.1. The van der Waals surface area contributed by atoms with Crippen molar-refractivity contribution < 1.29 is 9.47 Å². The van der Waals surface area contributed by atoms with Gasteiger partial charge >= 0.3 is 0 Å². The number of aliphatic imine (C=N–C) groups is 1. The van der Waals surface area contributed by atoms with Gasteiger partial charge in [0.05, 0.1) is 0 Å². The van der Waals surface area contributed by atoms with Crippen LogP contribution in [0.4, 0.5) is 5.69 Å². The molecule has 2 aromatic rings. The largest absolute Gasteiger partial charge is 0.454 e. The Morgan fingerprint density at radius 1 is 1.06 bits per heavy atom. The number of nitrogens with zero attached hydrogens (tertiary/aromatic N) is 2. The molecule has 31 heavy (non-hydrogen) atoms. The minimum Gasteiger partial charge on any atom is -0.454 e. The first-order valence-electron chi connectivity index (χ1n) is 11.5. The topological polar surface area (TPSA) is 72.1 Å². The van der Waals surface area contributed by atoms with Crippen LogP contribution in [0.15, 0.2) is 47.5 Å². The molecule has 0 radical (unpaired) electrons. The quantitative estimate of drug-likeness (QED) is 0.578. The number of benzene rings is 2. The first-order chi connectivity index (χ1) is 15.3. The number of fused-ring (bicyclic) bond motifs is 2. The summed E-state index contributed by atoms with van der Waals surface area (Å²) >= 11 is 0. The molecule has 6 nitrogen and oxygen atoms in total. The fourth-order valence-electron chi connectivity index (χ4n) is 5.00. The maximum absolute atomic E-state index is 5.95. The molecule has 0 saturated heterocycles. The van der Waals surface area contributed by atoms with E-state index < -0.39 is 0 Å². The second-order valence-corrected chi connectivity index (χ2v) is 8.93. The van der Waals surface area contributed by atoms with Gasteiger partial charge in [-0.25, -0.2) is 0 Å². The summed E-state index contributed by atoms with van der Waals surface area (Å²) in [7, 11) is 0. The number of ether oxygens (including phenoxy) is 2. The van der Waals surface area contributed by atoms with Crippen molar-refractivity contribution in [2.75, 3.05) is 31.7 Å². The number of nitrogens with two attached hydrogens (primary N) is 1. The molecule has 0 amide bonds. The molecule has 2 unspecified atom stereocenters. The Labute approximate surface area is 184 Å². The molecule has 0 bridgehead atoms. The van der Waals surface area contributed by atoms with Gasteiger partial charge in [0.25, 0.3) is 0 Å². The van der Waals surface area contributed by atoms with E-state index in [1.807, 2.05) is 18.2 Å². The highest BCUT2D eigenvalue weighted by Gasteiger charge is 2.23. The number of rotatable bonds is 4. The summed E-state index contributed by atoms with van der Waals surface area (Å²) in [6.07, 6.45) is 6.02. The van der Waals surface area contributed by atoms with Crippen LogP contribution in [0.3, 0.4) is 0 Å². The number of anilines is 1. The smallest absolute Gasteiger partial charge is 0.231 e. The molecule has 2 atom stereocenters. The molecule has 1 aliphatic carbocycles. The van der Waals surface area contributed by atoms with Crippen molar-refractivity contribution in [3.63, 3.8) is 0 Å². The zero-order valence-electron chi connectivity index (χ0n) is 18.1. The van der Waals surface area contributed by atoms with Crippen LogP contribution in [0.25, 0.3) is 0 Å². The molecule has 164 valence electrons. The molecule has 1 saturated carbocycles. The lowest BCUT2D eigenvalue weighted by atomic mass is 9.81. The molecule has 0 spiro atoms. The van der Waals surface area contributed by atoms with Crippen molar-refractivity contribution in [2.45, 2.75) is 38.6 Å². The molecule has 5 rings (SSSR count). The summed E-state index contributed by atoms with van der Waals surface area (Å²) in [5.74, 6) is 3.80. The number of hydrogen-bond acceptors (Lipinski definition) is 4. The van der Waals surface area contributed by atoms with E-state index in [1.165, 1.54) is 36.8 Å². The van der Waals surface area contributed by atoms with E-state index in [1.54, 1.807) is 0 Å². The van der Waals surface area contributed by atoms with Crippen LogP contribution < -0.4 is 20.5 Å². The van der Waals surface area contributed by atoms with Crippen molar-refractivity contribution in [1.29, 1.82) is 0 Å². The van der Waals surface area contributed by atoms with Gasteiger partial charge in [0, 0.05) is 31.4 Å². The third-order valence-corrected chi connectivity index (χ3v) is 6.78. The third kappa shape index (κ3) is 4.64. The van der Waals surface area contributed by atoms with Crippen LogP contribution >= 0.6 is 0 Å². The maximum atomic E-state index is 5.95. The molecule has 2 aliphatic heterocycles. The van der Waals surface area contributed by atoms with Gasteiger partial charge in [-0.1, -0.05) is 30.7 Å². The fraction of sp³-hybridized carbons (Fsp3) is 0.480. The average molecular weight is 421 g/mol. The number of hydrogen-bond donors (Lipinski definition) is 2. The van der Waals surface area contributed by atoms with E-state index >= 15 is 0 Å². The summed E-state index contributed by atoms with van der Waals surface area (Å²) < 4.78 is 11.0. The Hall–Kier alpha value is -2.73. The summed E-state index contributed by atoms with van der Waals surface area (Å²) in [5, 5.41) is 3.59. The van der Waals surface area contributed by atoms with E-state index in [-0.39, 0.29) is 6.79 Å². The third-order valence-electron chi connectivity index (χ3n) is 6.78. The van der Waals surface area contributed by atoms with E-state index in [2.05, 4.69) is 34.5 Å². The Morgan fingerprint density at radius 2 is 1.90 bits per heavy atom. The van der Waals surface area contributed by atoms with Gasteiger partial charge < -0.3 is 25.4 Å². The van der Waals surface area contributed by atoms with Crippen molar-refractivity contribution in [3.05, 3.63) is 53.6 Å². The van der Waals surface area contributed by atoms with Gasteiger partial charge in [-0.2, -0.15) is 0 Å². The highest BCUT2D eigenvalue weighted by atomic mass is 16.7. The Balaban J connectivity index is 1.36. The Morgan fingerprint density at radius 3 is 2.81 bits per heavy atom. The van der Waals surface area contributed by atoms with Crippen LogP contribution in [0, 0.1) is 11.8 Å². The summed E-state index contributed by atoms with van der Waals surface area (Å²) in [5.41, 5.74) is 9.76. The SMILES string of the molecule is NCC1CCCC(CN=C(Nc2ccc3c(c2)OCO3)N2CCc3ccccc3C2)C1. The minimum atomic E-state index is 0.284. The second kappa shape index (κ2) is 9.18. The second-order valence-electron chi connectivity index (χ2n) is 8.93. The Kier molecular flexibility index (Phi) is 5.98. The number of nitrogens with one attached hydrogen (secondary N) is 1. The van der Waals surface area contributed by atoms with Gasteiger partial charge in [0.15, 0.2) is 17.5 Å². The predicted octanol–water partition coefficient (Wildman–Crippen LogP) is 4.01. The summed E-state index contributed by atoms with van der Waals surface area (Å²) in [6.45, 7) is 3.77. The van der Waals surface area contributed by atoms with Gasteiger partial charge in [-0.05, 0) is 67.3 Å². The van der Waals surface area contributed by atoms with Gasteiger partial charge in [-0.15, -0.1) is 0 Å². The molecular formula is C25H32N4O2. The highest BCUT2D eigenvalue weighted by molar-refractivity contribution is 5.94. The lowest BCUT2D eigenvalue weighted by molar-refractivity contribution is 0.174. The molecule has 2 aromatic carbocycles. The first kappa shape index (κ1) is 20.2. The summed E-state index contributed by atoms with van der Waals surface area (Å²) in [6, 6.07) is 14.7. The van der Waals surface area contributed by atoms with Crippen LogP contribution in [-0.2, 0) is 13.0 Å². The standard InChI is InChI=1S/C25H32N4O2/c26-14-18-4-3-5-19(12-18)15-27-25(28-22-8-9-23-24(13-22)31-17-30-23)29-11-10-20-6-1-2-7-21(20)16-29/h1-2,6-9,13,18-19H,3-5,10-12,14-17,26H2,(H,27,28). The van der Waals surface area contributed by atoms with Gasteiger partial charge in [0.1, 0.15) is 0 Å². The molecular weight excluding hydrogens is 388 g/mol. The predicted molar refractivity (Wildman–Crippen MR) is 124 cm³/mol. The van der Waals surface area contributed by atoms with E-state index in [0.717, 1.165) is 55.7 Å². The molecule has 1 fully saturated rings. The monoisotopic (exact) mass is 420 g/mol. The summed E-state index contributed by atoms with van der Waals surface area (Å²) in [4.78, 5) is 7.49. The van der Waals surface area contributed by atoms with Crippen LogP contribution in [0.5, 0.6) is 11.5 Å². The maximum Gasteiger partial charge on any atom is 0.231 e. The van der Waals surface area contributed by atoms with E-state index in [9.17, 15) is 0 Å². The van der Waals surface area contributed by atoms with Crippen molar-refractivity contribution >= 4 is 11.6 Å². The molecule has 6 heteroatoms. The van der Waals surface area contributed by atoms with Gasteiger partial charge in [0.2, 0.25) is 6.79 Å². The highest BCUT2D eigenvalue weighted by Crippen LogP contribution is 2.34. The minimum absolute atomic E-state index is 0.284.